The van der Waals surface area contributed by atoms with E-state index in [2.05, 4.69) is 5.32 Å². The third-order valence-corrected chi connectivity index (χ3v) is 3.90. The lowest BCUT2D eigenvalue weighted by molar-refractivity contribution is -0.138. The highest BCUT2D eigenvalue weighted by Crippen LogP contribution is 2.34. The van der Waals surface area contributed by atoms with E-state index in [0.717, 1.165) is 12.5 Å². The van der Waals surface area contributed by atoms with E-state index < -0.39 is 11.7 Å². The van der Waals surface area contributed by atoms with Gasteiger partial charge >= 0.3 is 12.2 Å². The number of nitrogens with one attached hydrogen (secondary N) is 1. The molecule has 4 nitrogen and oxygen atoms in total. The van der Waals surface area contributed by atoms with Crippen LogP contribution in [-0.4, -0.2) is 30.1 Å². The molecule has 0 bridgehead atoms. The fourth-order valence-electron chi connectivity index (χ4n) is 2.72. The number of alkyl halides is 3. The van der Waals surface area contributed by atoms with Crippen LogP contribution in [-0.2, 0) is 12.7 Å². The molecule has 1 fully saturated rings. The molecule has 1 aliphatic heterocycles. The van der Waals surface area contributed by atoms with Crippen LogP contribution in [0.1, 0.15) is 38.3 Å². The largest absolute Gasteiger partial charge is 0.491 e. The van der Waals surface area contributed by atoms with Crippen molar-refractivity contribution in [1.82, 2.24) is 10.2 Å². The lowest BCUT2D eigenvalue weighted by atomic mass is 10.1. The quantitative estimate of drug-likeness (QED) is 0.895. The van der Waals surface area contributed by atoms with E-state index in [0.29, 0.717) is 19.0 Å². The number of hydrogen-bond acceptors (Lipinski definition) is 2. The number of nitrogens with zero attached hydrogens (tertiary/aromatic N) is 1. The predicted molar refractivity (Wildman–Crippen MR) is 84.8 cm³/mol. The number of rotatable bonds is 4. The van der Waals surface area contributed by atoms with Gasteiger partial charge in [0.15, 0.2) is 0 Å². The monoisotopic (exact) mass is 344 g/mol. The number of carbonyl (C=O) groups excluding carboxylic acids is 1. The molecule has 1 saturated heterocycles. The summed E-state index contributed by atoms with van der Waals surface area (Å²) < 4.78 is 45.1. The van der Waals surface area contributed by atoms with Gasteiger partial charge in [-0.25, -0.2) is 4.79 Å². The molecule has 1 heterocycles. The van der Waals surface area contributed by atoms with Gasteiger partial charge in [0.2, 0.25) is 0 Å². The third-order valence-electron chi connectivity index (χ3n) is 3.90. The first-order valence-corrected chi connectivity index (χ1v) is 8.06. The Morgan fingerprint density at radius 2 is 2.12 bits per heavy atom. The highest BCUT2D eigenvalue weighted by molar-refractivity contribution is 5.74. The second-order valence-electron chi connectivity index (χ2n) is 6.48. The molecule has 1 aromatic carbocycles. The summed E-state index contributed by atoms with van der Waals surface area (Å²) in [6, 6.07) is 3.51. The minimum Gasteiger partial charge on any atom is -0.491 e. The molecule has 1 N–H and O–H groups in total. The topological polar surface area (TPSA) is 41.6 Å². The summed E-state index contributed by atoms with van der Waals surface area (Å²) in [6.45, 7) is 6.65. The Hall–Kier alpha value is -1.92. The number of urea groups is 1. The molecule has 0 aliphatic carbocycles. The summed E-state index contributed by atoms with van der Waals surface area (Å²) in [6.07, 6.45) is -3.80. The van der Waals surface area contributed by atoms with Gasteiger partial charge in [0, 0.05) is 19.6 Å². The highest BCUT2D eigenvalue weighted by atomic mass is 19.4. The van der Waals surface area contributed by atoms with Crippen molar-refractivity contribution >= 4 is 6.03 Å². The van der Waals surface area contributed by atoms with Crippen LogP contribution in [0.2, 0.25) is 0 Å². The number of likely N-dealkylation sites (tertiary alicyclic amines) is 1. The zero-order chi connectivity index (χ0) is 17.9. The molecule has 7 heteroatoms. The van der Waals surface area contributed by atoms with Gasteiger partial charge in [-0.15, -0.1) is 0 Å². The van der Waals surface area contributed by atoms with Gasteiger partial charge in [-0.3, -0.25) is 0 Å². The Kier molecular flexibility index (Phi) is 5.62. The van der Waals surface area contributed by atoms with Gasteiger partial charge < -0.3 is 15.0 Å². The Morgan fingerprint density at radius 1 is 1.42 bits per heavy atom. The van der Waals surface area contributed by atoms with Crippen molar-refractivity contribution in [1.29, 1.82) is 0 Å². The summed E-state index contributed by atoms with van der Waals surface area (Å²) >= 11 is 0. The Bertz CT molecular complexity index is 588. The van der Waals surface area contributed by atoms with Crippen LogP contribution in [0.4, 0.5) is 18.0 Å². The van der Waals surface area contributed by atoms with E-state index in [1.165, 1.54) is 12.1 Å². The van der Waals surface area contributed by atoms with Crippen molar-refractivity contribution < 1.29 is 22.7 Å². The molecule has 1 aromatic rings. The summed E-state index contributed by atoms with van der Waals surface area (Å²) in [5, 5.41) is 2.58. The lowest BCUT2D eigenvalue weighted by Crippen LogP contribution is -2.38. The molecule has 1 aliphatic rings. The number of halogens is 3. The molecular weight excluding hydrogens is 321 g/mol. The first-order chi connectivity index (χ1) is 11.2. The average Bonchev–Trinajstić information content (AvgIpc) is 2.90. The van der Waals surface area contributed by atoms with E-state index in [-0.39, 0.29) is 30.0 Å². The molecule has 2 amide bonds. The van der Waals surface area contributed by atoms with Gasteiger partial charge in [0.1, 0.15) is 5.75 Å². The van der Waals surface area contributed by atoms with Gasteiger partial charge in [-0.2, -0.15) is 13.2 Å². The maximum Gasteiger partial charge on any atom is 0.416 e. The summed E-state index contributed by atoms with van der Waals surface area (Å²) in [7, 11) is 0. The standard InChI is InChI=1S/C17H23F3N2O2/c1-11(2)24-14-5-4-13(15(8-14)17(18,19)20)9-21-16(23)22-7-6-12(3)10-22/h4-5,8,11-12H,6-7,9-10H2,1-3H3,(H,21,23). The van der Waals surface area contributed by atoms with Crippen LogP contribution in [0.15, 0.2) is 18.2 Å². The second kappa shape index (κ2) is 7.32. The van der Waals surface area contributed by atoms with Crippen LogP contribution in [0.3, 0.4) is 0 Å². The maximum atomic E-state index is 13.3. The molecule has 0 saturated carbocycles. The zero-order valence-corrected chi connectivity index (χ0v) is 14.1. The van der Waals surface area contributed by atoms with E-state index in [4.69, 9.17) is 4.74 Å². The van der Waals surface area contributed by atoms with Gasteiger partial charge in [-0.05, 0) is 43.9 Å². The van der Waals surface area contributed by atoms with Crippen molar-refractivity contribution in [3.63, 3.8) is 0 Å². The molecule has 24 heavy (non-hydrogen) atoms. The molecule has 2 rings (SSSR count). The van der Waals surface area contributed by atoms with Crippen LogP contribution in [0, 0.1) is 5.92 Å². The first kappa shape index (κ1) is 18.4. The molecule has 0 spiro atoms. The predicted octanol–water partition coefficient (Wildman–Crippen LogP) is 4.04. The Morgan fingerprint density at radius 3 is 2.67 bits per heavy atom. The third kappa shape index (κ3) is 4.79. The number of ether oxygens (including phenoxy) is 1. The minimum atomic E-state index is -4.50. The molecule has 0 aromatic heterocycles. The lowest BCUT2D eigenvalue weighted by Gasteiger charge is -2.19. The maximum absolute atomic E-state index is 13.3. The van der Waals surface area contributed by atoms with Crippen molar-refractivity contribution in [3.8, 4) is 5.75 Å². The molecular formula is C17H23F3N2O2. The number of amides is 2. The van der Waals surface area contributed by atoms with E-state index >= 15 is 0 Å². The summed E-state index contributed by atoms with van der Waals surface area (Å²) in [5.74, 6) is 0.592. The van der Waals surface area contributed by atoms with Crippen molar-refractivity contribution in [3.05, 3.63) is 29.3 Å². The molecule has 0 radical (unpaired) electrons. The first-order valence-electron chi connectivity index (χ1n) is 8.06. The molecule has 1 unspecified atom stereocenters. The average molecular weight is 344 g/mol. The van der Waals surface area contributed by atoms with E-state index in [1.54, 1.807) is 18.7 Å². The fourth-order valence-corrected chi connectivity index (χ4v) is 2.72. The smallest absolute Gasteiger partial charge is 0.416 e. The van der Waals surface area contributed by atoms with Crippen LogP contribution in [0.5, 0.6) is 5.75 Å². The molecule has 134 valence electrons. The SMILES string of the molecule is CC1CCN(C(=O)NCc2ccc(OC(C)C)cc2C(F)(F)F)C1. The van der Waals surface area contributed by atoms with Crippen LogP contribution < -0.4 is 10.1 Å². The van der Waals surface area contributed by atoms with Crippen LogP contribution >= 0.6 is 0 Å². The molecule has 1 atom stereocenters. The van der Waals surface area contributed by atoms with Crippen molar-refractivity contribution in [2.24, 2.45) is 5.92 Å². The minimum absolute atomic E-state index is 0.0270. The van der Waals surface area contributed by atoms with Gasteiger partial charge in [0.05, 0.1) is 11.7 Å². The normalized spacial score (nSPS) is 18.1. The number of carbonyl (C=O) groups is 1. The summed E-state index contributed by atoms with van der Waals surface area (Å²) in [4.78, 5) is 13.7. The van der Waals surface area contributed by atoms with Crippen molar-refractivity contribution in [2.45, 2.75) is 46.0 Å². The fraction of sp³-hybridized carbons (Fsp3) is 0.588. The number of benzene rings is 1. The van der Waals surface area contributed by atoms with E-state index in [9.17, 15) is 18.0 Å². The Balaban J connectivity index is 2.09. The number of hydrogen-bond donors (Lipinski definition) is 1. The van der Waals surface area contributed by atoms with Crippen LogP contribution in [0.25, 0.3) is 0 Å². The second-order valence-corrected chi connectivity index (χ2v) is 6.48. The Labute approximate surface area is 140 Å². The van der Waals surface area contributed by atoms with Gasteiger partial charge in [0.25, 0.3) is 0 Å². The highest BCUT2D eigenvalue weighted by Gasteiger charge is 2.34. The van der Waals surface area contributed by atoms with Crippen molar-refractivity contribution in [2.75, 3.05) is 13.1 Å². The van der Waals surface area contributed by atoms with E-state index in [1.807, 2.05) is 6.92 Å². The zero-order valence-electron chi connectivity index (χ0n) is 14.1. The summed E-state index contributed by atoms with van der Waals surface area (Å²) in [5.41, 5.74) is -0.755. The van der Waals surface area contributed by atoms with Gasteiger partial charge in [-0.1, -0.05) is 13.0 Å².